The van der Waals surface area contributed by atoms with Crippen LogP contribution in [-0.4, -0.2) is 42.3 Å². The molecule has 0 aromatic heterocycles. The number of aliphatic hydroxyl groups is 1. The first kappa shape index (κ1) is 17.3. The number of benzene rings is 2. The number of urea groups is 1. The highest BCUT2D eigenvalue weighted by molar-refractivity contribution is 5.75. The molecule has 0 radical (unpaired) electrons. The Morgan fingerprint density at radius 1 is 1.20 bits per heavy atom. The van der Waals surface area contributed by atoms with Crippen molar-refractivity contribution in [2.75, 3.05) is 20.2 Å². The molecular formula is C20H24N2O3. The summed E-state index contributed by atoms with van der Waals surface area (Å²) in [6.07, 6.45) is 1.12. The largest absolute Gasteiger partial charge is 0.496 e. The predicted octanol–water partition coefficient (Wildman–Crippen LogP) is 2.95. The number of likely N-dealkylation sites (tertiary alicyclic amines) is 1. The highest BCUT2D eigenvalue weighted by atomic mass is 16.5. The molecule has 0 saturated carbocycles. The van der Waals surface area contributed by atoms with Crippen LogP contribution in [0.25, 0.3) is 0 Å². The SMILES string of the molecule is COc1ccccc1C(NC(=O)N1CCCC(O)C1)c1ccccc1. The summed E-state index contributed by atoms with van der Waals surface area (Å²) in [6.45, 7) is 1.04. The van der Waals surface area contributed by atoms with Crippen LogP contribution in [0.2, 0.25) is 0 Å². The molecule has 25 heavy (non-hydrogen) atoms. The molecule has 3 rings (SSSR count). The molecule has 2 aromatic rings. The van der Waals surface area contributed by atoms with Gasteiger partial charge in [-0.3, -0.25) is 0 Å². The summed E-state index contributed by atoms with van der Waals surface area (Å²) in [6, 6.07) is 17.0. The van der Waals surface area contributed by atoms with Crippen LogP contribution < -0.4 is 10.1 Å². The maximum absolute atomic E-state index is 12.8. The van der Waals surface area contributed by atoms with Gasteiger partial charge >= 0.3 is 6.03 Å². The zero-order valence-electron chi connectivity index (χ0n) is 14.4. The molecule has 1 saturated heterocycles. The Hall–Kier alpha value is -2.53. The van der Waals surface area contributed by atoms with Crippen molar-refractivity contribution >= 4 is 6.03 Å². The number of aliphatic hydroxyl groups excluding tert-OH is 1. The molecule has 2 unspecified atom stereocenters. The first-order valence-electron chi connectivity index (χ1n) is 8.60. The number of hydrogen-bond donors (Lipinski definition) is 2. The number of carbonyl (C=O) groups excluding carboxylic acids is 1. The topological polar surface area (TPSA) is 61.8 Å². The molecule has 0 spiro atoms. The number of ether oxygens (including phenoxy) is 1. The Morgan fingerprint density at radius 2 is 1.92 bits per heavy atom. The van der Waals surface area contributed by atoms with Crippen molar-refractivity contribution in [3.8, 4) is 5.75 Å². The van der Waals surface area contributed by atoms with E-state index in [1.807, 2.05) is 54.6 Å². The van der Waals surface area contributed by atoms with E-state index < -0.39 is 6.10 Å². The fourth-order valence-corrected chi connectivity index (χ4v) is 3.25. The number of methoxy groups -OCH3 is 1. The van der Waals surface area contributed by atoms with Crippen LogP contribution in [0.15, 0.2) is 54.6 Å². The Kier molecular flexibility index (Phi) is 5.56. The van der Waals surface area contributed by atoms with E-state index in [9.17, 15) is 9.90 Å². The normalized spacial score (nSPS) is 18.5. The Labute approximate surface area is 148 Å². The van der Waals surface area contributed by atoms with Gasteiger partial charge in [-0.05, 0) is 24.5 Å². The lowest BCUT2D eigenvalue weighted by molar-refractivity contribution is 0.0836. The minimum Gasteiger partial charge on any atom is -0.496 e. The van der Waals surface area contributed by atoms with Crippen LogP contribution in [-0.2, 0) is 0 Å². The van der Waals surface area contributed by atoms with Crippen molar-refractivity contribution in [2.24, 2.45) is 0 Å². The second kappa shape index (κ2) is 8.03. The zero-order valence-corrected chi connectivity index (χ0v) is 14.4. The van der Waals surface area contributed by atoms with E-state index in [-0.39, 0.29) is 12.1 Å². The number of piperidine rings is 1. The lowest BCUT2D eigenvalue weighted by Crippen LogP contribution is -2.48. The molecule has 1 aliphatic rings. The Bertz CT molecular complexity index is 705. The highest BCUT2D eigenvalue weighted by Crippen LogP contribution is 2.30. The van der Waals surface area contributed by atoms with Gasteiger partial charge in [0.1, 0.15) is 5.75 Å². The van der Waals surface area contributed by atoms with E-state index in [0.717, 1.165) is 29.7 Å². The Morgan fingerprint density at radius 3 is 2.64 bits per heavy atom. The molecule has 5 nitrogen and oxygen atoms in total. The number of β-amino-alcohol motifs (C(OH)–C–C–N with tert-alkyl or cyclic N) is 1. The molecule has 0 aliphatic carbocycles. The van der Waals surface area contributed by atoms with Crippen LogP contribution in [0.4, 0.5) is 4.79 Å². The summed E-state index contributed by atoms with van der Waals surface area (Å²) in [4.78, 5) is 14.4. The number of para-hydroxylation sites is 1. The van der Waals surface area contributed by atoms with E-state index >= 15 is 0 Å². The monoisotopic (exact) mass is 340 g/mol. The number of carbonyl (C=O) groups is 1. The lowest BCUT2D eigenvalue weighted by atomic mass is 9.98. The molecule has 2 amide bonds. The van der Waals surface area contributed by atoms with Crippen molar-refractivity contribution in [2.45, 2.75) is 25.0 Å². The van der Waals surface area contributed by atoms with Crippen LogP contribution in [0.3, 0.4) is 0 Å². The number of nitrogens with one attached hydrogen (secondary N) is 1. The molecule has 2 aromatic carbocycles. The summed E-state index contributed by atoms with van der Waals surface area (Å²) in [5.74, 6) is 0.732. The highest BCUT2D eigenvalue weighted by Gasteiger charge is 2.26. The quantitative estimate of drug-likeness (QED) is 0.899. The van der Waals surface area contributed by atoms with Crippen molar-refractivity contribution < 1.29 is 14.6 Å². The van der Waals surface area contributed by atoms with Crippen molar-refractivity contribution in [3.05, 3.63) is 65.7 Å². The van der Waals surface area contributed by atoms with E-state index in [1.54, 1.807) is 12.0 Å². The number of nitrogens with zero attached hydrogens (tertiary/aromatic N) is 1. The summed E-state index contributed by atoms with van der Waals surface area (Å²) in [5, 5.41) is 12.9. The van der Waals surface area contributed by atoms with Crippen LogP contribution >= 0.6 is 0 Å². The first-order valence-corrected chi connectivity index (χ1v) is 8.60. The Balaban J connectivity index is 1.88. The van der Waals surface area contributed by atoms with Gasteiger partial charge in [-0.15, -0.1) is 0 Å². The molecule has 2 atom stereocenters. The number of hydrogen-bond acceptors (Lipinski definition) is 3. The van der Waals surface area contributed by atoms with Crippen molar-refractivity contribution in [1.29, 1.82) is 0 Å². The second-order valence-corrected chi connectivity index (χ2v) is 6.28. The summed E-state index contributed by atoms with van der Waals surface area (Å²) >= 11 is 0. The molecular weight excluding hydrogens is 316 g/mol. The van der Waals surface area contributed by atoms with Gasteiger partial charge in [-0.25, -0.2) is 4.79 Å². The maximum Gasteiger partial charge on any atom is 0.318 e. The molecule has 1 aliphatic heterocycles. The summed E-state index contributed by atoms with van der Waals surface area (Å²) in [5.41, 5.74) is 1.89. The predicted molar refractivity (Wildman–Crippen MR) is 96.6 cm³/mol. The standard InChI is InChI=1S/C20H24N2O3/c1-25-18-12-6-5-11-17(18)19(15-8-3-2-4-9-15)21-20(24)22-13-7-10-16(23)14-22/h2-6,8-9,11-12,16,19,23H,7,10,13-14H2,1H3,(H,21,24). The van der Waals surface area contributed by atoms with E-state index in [2.05, 4.69) is 5.32 Å². The maximum atomic E-state index is 12.8. The number of rotatable bonds is 4. The zero-order chi connectivity index (χ0) is 17.6. The summed E-state index contributed by atoms with van der Waals surface area (Å²) in [7, 11) is 1.63. The van der Waals surface area contributed by atoms with Gasteiger partial charge in [-0.2, -0.15) is 0 Å². The molecule has 5 heteroatoms. The van der Waals surface area contributed by atoms with Gasteiger partial charge in [-0.1, -0.05) is 48.5 Å². The molecule has 0 bridgehead atoms. The van der Waals surface area contributed by atoms with E-state index in [4.69, 9.17) is 4.74 Å². The fourth-order valence-electron chi connectivity index (χ4n) is 3.25. The minimum absolute atomic E-state index is 0.168. The lowest BCUT2D eigenvalue weighted by Gasteiger charge is -2.32. The van der Waals surface area contributed by atoms with Gasteiger partial charge in [0.2, 0.25) is 0 Å². The number of amides is 2. The fraction of sp³-hybridized carbons (Fsp3) is 0.350. The van der Waals surface area contributed by atoms with Gasteiger partial charge in [0.15, 0.2) is 0 Å². The van der Waals surface area contributed by atoms with Gasteiger partial charge in [0.25, 0.3) is 0 Å². The van der Waals surface area contributed by atoms with Crippen molar-refractivity contribution in [3.63, 3.8) is 0 Å². The van der Waals surface area contributed by atoms with Crippen molar-refractivity contribution in [1.82, 2.24) is 10.2 Å². The average molecular weight is 340 g/mol. The van der Waals surface area contributed by atoms with E-state index in [1.165, 1.54) is 0 Å². The second-order valence-electron chi connectivity index (χ2n) is 6.28. The van der Waals surface area contributed by atoms with Gasteiger partial charge < -0.3 is 20.1 Å². The molecule has 1 heterocycles. The smallest absolute Gasteiger partial charge is 0.318 e. The average Bonchev–Trinajstić information content (AvgIpc) is 2.66. The van der Waals surface area contributed by atoms with Crippen LogP contribution in [0.5, 0.6) is 5.75 Å². The first-order chi connectivity index (χ1) is 12.2. The minimum atomic E-state index is -0.444. The van der Waals surface area contributed by atoms with Crippen LogP contribution in [0.1, 0.15) is 30.0 Å². The van der Waals surface area contributed by atoms with Crippen LogP contribution in [0, 0.1) is 0 Å². The molecule has 132 valence electrons. The molecule has 1 fully saturated rings. The third-order valence-corrected chi connectivity index (χ3v) is 4.53. The van der Waals surface area contributed by atoms with E-state index in [0.29, 0.717) is 13.1 Å². The van der Waals surface area contributed by atoms with Gasteiger partial charge in [0.05, 0.1) is 19.3 Å². The third-order valence-electron chi connectivity index (χ3n) is 4.53. The summed E-state index contributed by atoms with van der Waals surface area (Å²) < 4.78 is 5.49. The third kappa shape index (κ3) is 4.12. The van der Waals surface area contributed by atoms with Gasteiger partial charge in [0, 0.05) is 18.7 Å². The molecule has 2 N–H and O–H groups in total.